The summed E-state index contributed by atoms with van der Waals surface area (Å²) in [5.74, 6) is 0.856. The van der Waals surface area contributed by atoms with Crippen molar-refractivity contribution in [1.82, 2.24) is 9.78 Å². The van der Waals surface area contributed by atoms with Gasteiger partial charge in [0, 0.05) is 23.7 Å². The second-order valence-electron chi connectivity index (χ2n) is 4.73. The first kappa shape index (κ1) is 12.5. The lowest BCUT2D eigenvalue weighted by atomic mass is 10.0. The summed E-state index contributed by atoms with van der Waals surface area (Å²) in [4.78, 5) is 0. The van der Waals surface area contributed by atoms with Crippen molar-refractivity contribution in [2.45, 2.75) is 6.92 Å². The standard InChI is InChI=1S/C16H17N3O/c1-3-20-13-6-4-5-11(7-13)14-9-16-12(8-15(14)17)10-18-19(16)2/h4-10H,3,17H2,1-2H3. The molecule has 0 aliphatic carbocycles. The minimum Gasteiger partial charge on any atom is -0.494 e. The summed E-state index contributed by atoms with van der Waals surface area (Å²) in [7, 11) is 1.93. The Kier molecular flexibility index (Phi) is 3.06. The van der Waals surface area contributed by atoms with Crippen LogP contribution in [0.4, 0.5) is 5.69 Å². The SMILES string of the molecule is CCOc1cccc(-c2cc3c(cnn3C)cc2N)c1. The molecule has 4 heteroatoms. The number of anilines is 1. The van der Waals surface area contributed by atoms with Crippen LogP contribution in [0.25, 0.3) is 22.0 Å². The molecule has 20 heavy (non-hydrogen) atoms. The van der Waals surface area contributed by atoms with Crippen molar-refractivity contribution in [3.8, 4) is 16.9 Å². The van der Waals surface area contributed by atoms with Crippen LogP contribution >= 0.6 is 0 Å². The third-order valence-electron chi connectivity index (χ3n) is 3.37. The molecule has 0 aliphatic rings. The van der Waals surface area contributed by atoms with E-state index in [0.717, 1.165) is 33.5 Å². The monoisotopic (exact) mass is 267 g/mol. The summed E-state index contributed by atoms with van der Waals surface area (Å²) in [6.45, 7) is 2.63. The van der Waals surface area contributed by atoms with Gasteiger partial charge in [0.05, 0.1) is 18.3 Å². The lowest BCUT2D eigenvalue weighted by Gasteiger charge is -2.09. The van der Waals surface area contributed by atoms with Crippen LogP contribution in [0.2, 0.25) is 0 Å². The molecular formula is C16H17N3O. The maximum Gasteiger partial charge on any atom is 0.119 e. The number of ether oxygens (including phenoxy) is 1. The normalized spacial score (nSPS) is 10.9. The molecule has 0 amide bonds. The van der Waals surface area contributed by atoms with E-state index in [9.17, 15) is 0 Å². The highest BCUT2D eigenvalue weighted by molar-refractivity contribution is 5.91. The van der Waals surface area contributed by atoms with Crippen molar-refractivity contribution in [2.75, 3.05) is 12.3 Å². The van der Waals surface area contributed by atoms with Gasteiger partial charge in [0.2, 0.25) is 0 Å². The fourth-order valence-corrected chi connectivity index (χ4v) is 2.39. The molecule has 3 aromatic rings. The Bertz CT molecular complexity index is 762. The first-order valence-corrected chi connectivity index (χ1v) is 6.63. The number of aromatic nitrogens is 2. The molecule has 102 valence electrons. The van der Waals surface area contributed by atoms with Gasteiger partial charge in [-0.15, -0.1) is 0 Å². The number of fused-ring (bicyclic) bond motifs is 1. The highest BCUT2D eigenvalue weighted by atomic mass is 16.5. The van der Waals surface area contributed by atoms with E-state index in [-0.39, 0.29) is 0 Å². The Morgan fingerprint density at radius 3 is 2.90 bits per heavy atom. The van der Waals surface area contributed by atoms with Gasteiger partial charge in [-0.25, -0.2) is 0 Å². The van der Waals surface area contributed by atoms with Crippen molar-refractivity contribution in [3.63, 3.8) is 0 Å². The Hall–Kier alpha value is -2.49. The van der Waals surface area contributed by atoms with Crippen molar-refractivity contribution in [3.05, 3.63) is 42.6 Å². The number of rotatable bonds is 3. The first-order valence-electron chi connectivity index (χ1n) is 6.63. The zero-order valence-electron chi connectivity index (χ0n) is 11.6. The van der Waals surface area contributed by atoms with E-state index in [1.54, 1.807) is 0 Å². The maximum atomic E-state index is 6.17. The van der Waals surface area contributed by atoms with Crippen molar-refractivity contribution >= 4 is 16.6 Å². The summed E-state index contributed by atoms with van der Waals surface area (Å²) in [5.41, 5.74) is 10.0. The Labute approximate surface area is 117 Å². The highest BCUT2D eigenvalue weighted by Crippen LogP contribution is 2.32. The molecule has 1 aromatic heterocycles. The van der Waals surface area contributed by atoms with Gasteiger partial charge < -0.3 is 10.5 Å². The summed E-state index contributed by atoms with van der Waals surface area (Å²) in [6, 6.07) is 12.0. The number of benzene rings is 2. The number of aryl methyl sites for hydroxylation is 1. The molecule has 3 rings (SSSR count). The summed E-state index contributed by atoms with van der Waals surface area (Å²) in [6.07, 6.45) is 1.83. The Balaban J connectivity index is 2.15. The van der Waals surface area contributed by atoms with Gasteiger partial charge in [0.25, 0.3) is 0 Å². The Morgan fingerprint density at radius 1 is 1.25 bits per heavy atom. The number of nitrogen functional groups attached to an aromatic ring is 1. The lowest BCUT2D eigenvalue weighted by Crippen LogP contribution is -1.94. The molecule has 1 heterocycles. The van der Waals surface area contributed by atoms with E-state index in [0.29, 0.717) is 6.61 Å². The zero-order valence-corrected chi connectivity index (χ0v) is 11.6. The van der Waals surface area contributed by atoms with Crippen LogP contribution in [0.15, 0.2) is 42.6 Å². The summed E-state index contributed by atoms with van der Waals surface area (Å²) >= 11 is 0. The van der Waals surface area contributed by atoms with E-state index in [2.05, 4.69) is 11.2 Å². The molecule has 4 nitrogen and oxygen atoms in total. The average Bonchev–Trinajstić information content (AvgIpc) is 2.79. The van der Waals surface area contributed by atoms with Gasteiger partial charge in [-0.1, -0.05) is 12.1 Å². The van der Waals surface area contributed by atoms with Gasteiger partial charge in [-0.2, -0.15) is 5.10 Å². The largest absolute Gasteiger partial charge is 0.494 e. The van der Waals surface area contributed by atoms with Gasteiger partial charge >= 0.3 is 0 Å². The molecule has 2 aromatic carbocycles. The molecule has 0 radical (unpaired) electrons. The molecule has 0 saturated heterocycles. The van der Waals surface area contributed by atoms with Crippen LogP contribution in [-0.4, -0.2) is 16.4 Å². The fourth-order valence-electron chi connectivity index (χ4n) is 2.39. The van der Waals surface area contributed by atoms with Crippen LogP contribution in [-0.2, 0) is 7.05 Å². The molecule has 0 fully saturated rings. The second kappa shape index (κ2) is 4.89. The molecule has 0 spiro atoms. The minimum atomic E-state index is 0.652. The van der Waals surface area contributed by atoms with Gasteiger partial charge in [0.1, 0.15) is 5.75 Å². The quantitative estimate of drug-likeness (QED) is 0.741. The third kappa shape index (κ3) is 2.09. The summed E-state index contributed by atoms with van der Waals surface area (Å²) < 4.78 is 7.40. The van der Waals surface area contributed by atoms with E-state index in [1.165, 1.54) is 0 Å². The Morgan fingerprint density at radius 2 is 2.10 bits per heavy atom. The van der Waals surface area contributed by atoms with Crippen LogP contribution in [0, 0.1) is 0 Å². The topological polar surface area (TPSA) is 53.1 Å². The predicted octanol–water partition coefficient (Wildman–Crippen LogP) is 3.22. The van der Waals surface area contributed by atoms with Gasteiger partial charge in [0.15, 0.2) is 0 Å². The molecule has 0 saturated carbocycles. The van der Waals surface area contributed by atoms with E-state index in [4.69, 9.17) is 10.5 Å². The van der Waals surface area contributed by atoms with Gasteiger partial charge in [-0.3, -0.25) is 4.68 Å². The van der Waals surface area contributed by atoms with Crippen LogP contribution in [0.5, 0.6) is 5.75 Å². The lowest BCUT2D eigenvalue weighted by molar-refractivity contribution is 0.340. The maximum absolute atomic E-state index is 6.17. The van der Waals surface area contributed by atoms with E-state index < -0.39 is 0 Å². The third-order valence-corrected chi connectivity index (χ3v) is 3.37. The zero-order chi connectivity index (χ0) is 14.1. The van der Waals surface area contributed by atoms with E-state index >= 15 is 0 Å². The van der Waals surface area contributed by atoms with Crippen molar-refractivity contribution < 1.29 is 4.74 Å². The number of hydrogen-bond acceptors (Lipinski definition) is 3. The van der Waals surface area contributed by atoms with Gasteiger partial charge in [-0.05, 0) is 36.8 Å². The molecular weight excluding hydrogens is 250 g/mol. The van der Waals surface area contributed by atoms with Crippen molar-refractivity contribution in [1.29, 1.82) is 0 Å². The average molecular weight is 267 g/mol. The van der Waals surface area contributed by atoms with Crippen molar-refractivity contribution in [2.24, 2.45) is 7.05 Å². The molecule has 0 bridgehead atoms. The molecule has 0 atom stereocenters. The van der Waals surface area contributed by atoms with Crippen LogP contribution in [0.1, 0.15) is 6.92 Å². The number of nitrogens with two attached hydrogens (primary N) is 1. The molecule has 0 aliphatic heterocycles. The van der Waals surface area contributed by atoms with Crippen LogP contribution < -0.4 is 10.5 Å². The fraction of sp³-hybridized carbons (Fsp3) is 0.188. The molecule has 2 N–H and O–H groups in total. The predicted molar refractivity (Wildman–Crippen MR) is 81.7 cm³/mol. The second-order valence-corrected chi connectivity index (χ2v) is 4.73. The van der Waals surface area contributed by atoms with E-state index in [1.807, 2.05) is 55.2 Å². The number of nitrogens with zero attached hydrogens (tertiary/aromatic N) is 2. The minimum absolute atomic E-state index is 0.652. The molecule has 0 unspecified atom stereocenters. The summed E-state index contributed by atoms with van der Waals surface area (Å²) in [5, 5.41) is 5.31. The highest BCUT2D eigenvalue weighted by Gasteiger charge is 2.08. The van der Waals surface area contributed by atoms with Crippen LogP contribution in [0.3, 0.4) is 0 Å². The number of hydrogen-bond donors (Lipinski definition) is 1. The smallest absolute Gasteiger partial charge is 0.119 e. The first-order chi connectivity index (χ1) is 9.69.